The van der Waals surface area contributed by atoms with Gasteiger partial charge in [0.2, 0.25) is 0 Å². The van der Waals surface area contributed by atoms with Gasteiger partial charge in [0, 0.05) is 39.0 Å². The molecule has 2 aliphatic rings. The first kappa shape index (κ1) is 19.3. The Hall–Kier alpha value is -1.01. The van der Waals surface area contributed by atoms with Gasteiger partial charge in [-0.1, -0.05) is 18.2 Å². The fraction of sp³-hybridized carbons (Fsp3) is 0.474. The molecule has 2 aliphatic heterocycles. The average molecular weight is 484 g/mol. The largest absolute Gasteiger partial charge is 0.461 e. The lowest BCUT2D eigenvalue weighted by molar-refractivity contribution is 0.0335. The molecule has 6 atom stereocenters. The quantitative estimate of drug-likeness (QED) is 0.366. The van der Waals surface area contributed by atoms with E-state index in [9.17, 15) is 10.2 Å². The van der Waals surface area contributed by atoms with Crippen LogP contribution in [-0.2, 0) is 0 Å². The highest BCUT2D eigenvalue weighted by Gasteiger charge is 2.49. The maximum absolute atomic E-state index is 10.6. The minimum atomic E-state index is -0.726. The Bertz CT molecular complexity index is 757. The average Bonchev–Trinajstić information content (AvgIpc) is 3.33. The summed E-state index contributed by atoms with van der Waals surface area (Å²) < 4.78 is 7.41. The Balaban J connectivity index is 1.74. The molecule has 0 amide bonds. The number of nitrogens with one attached hydrogen (secondary N) is 4. The van der Waals surface area contributed by atoms with Crippen molar-refractivity contribution < 1.29 is 14.6 Å². The molecule has 0 bridgehead atoms. The molecular weight excluding hydrogens is 459 g/mol. The standard InChI is InChI=1S/C19H25IN4O3/c1-9-15(18(25)23-21-9)17(16-10(2)22-24-19(16)26)14-8-7-13(27-14)11-5-3-4-6-12(11)20/h3-10,15-19,21-26H,1-2H3. The molecule has 2 saturated heterocycles. The molecule has 4 rings (SSSR count). The molecule has 2 aromatic rings. The summed E-state index contributed by atoms with van der Waals surface area (Å²) in [6.07, 6.45) is -1.45. The lowest BCUT2D eigenvalue weighted by Gasteiger charge is -2.33. The van der Waals surface area contributed by atoms with Gasteiger partial charge >= 0.3 is 0 Å². The number of aliphatic hydroxyl groups is 2. The molecule has 0 saturated carbocycles. The molecule has 27 heavy (non-hydrogen) atoms. The summed E-state index contributed by atoms with van der Waals surface area (Å²) in [6.45, 7) is 4.05. The number of hydrogen-bond acceptors (Lipinski definition) is 7. The minimum Gasteiger partial charge on any atom is -0.461 e. The van der Waals surface area contributed by atoms with Crippen LogP contribution < -0.4 is 21.7 Å². The van der Waals surface area contributed by atoms with E-state index in [0.29, 0.717) is 0 Å². The van der Waals surface area contributed by atoms with Crippen molar-refractivity contribution in [3.63, 3.8) is 0 Å². The van der Waals surface area contributed by atoms with Gasteiger partial charge < -0.3 is 14.6 Å². The molecule has 1 aromatic heterocycles. The smallest absolute Gasteiger partial charge is 0.135 e. The summed E-state index contributed by atoms with van der Waals surface area (Å²) in [5.41, 5.74) is 13.1. The Kier molecular flexibility index (Phi) is 5.57. The number of benzene rings is 1. The summed E-state index contributed by atoms with van der Waals surface area (Å²) in [6, 6.07) is 12.1. The summed E-state index contributed by atoms with van der Waals surface area (Å²) in [4.78, 5) is 0. The van der Waals surface area contributed by atoms with E-state index in [1.807, 2.05) is 50.2 Å². The minimum absolute atomic E-state index is 0.0235. The van der Waals surface area contributed by atoms with Crippen molar-refractivity contribution in [3.05, 3.63) is 45.7 Å². The lowest BCUT2D eigenvalue weighted by Crippen LogP contribution is -2.41. The van der Waals surface area contributed by atoms with Crippen LogP contribution in [0.2, 0.25) is 0 Å². The number of halogens is 1. The van der Waals surface area contributed by atoms with E-state index in [1.54, 1.807) is 0 Å². The van der Waals surface area contributed by atoms with Gasteiger partial charge in [-0.3, -0.25) is 10.9 Å². The topological polar surface area (TPSA) is 102 Å². The molecule has 7 nitrogen and oxygen atoms in total. The number of hydrazine groups is 2. The molecule has 3 heterocycles. The zero-order valence-corrected chi connectivity index (χ0v) is 17.3. The van der Waals surface area contributed by atoms with Gasteiger partial charge in [0.25, 0.3) is 0 Å². The van der Waals surface area contributed by atoms with Crippen molar-refractivity contribution in [1.29, 1.82) is 0 Å². The first-order chi connectivity index (χ1) is 13.0. The van der Waals surface area contributed by atoms with Gasteiger partial charge in [-0.15, -0.1) is 0 Å². The number of rotatable bonds is 4. The third kappa shape index (κ3) is 3.55. The van der Waals surface area contributed by atoms with Crippen LogP contribution in [0.4, 0.5) is 0 Å². The second-order valence-electron chi connectivity index (χ2n) is 7.41. The van der Waals surface area contributed by atoms with E-state index in [2.05, 4.69) is 44.3 Å². The van der Waals surface area contributed by atoms with Crippen LogP contribution in [0.25, 0.3) is 11.3 Å². The number of hydrogen-bond donors (Lipinski definition) is 6. The summed E-state index contributed by atoms with van der Waals surface area (Å²) in [5.74, 6) is 1.08. The van der Waals surface area contributed by atoms with Gasteiger partial charge in [0.05, 0.1) is 0 Å². The summed E-state index contributed by atoms with van der Waals surface area (Å²) in [5, 5.41) is 21.1. The molecular formula is C19H25IN4O3. The second kappa shape index (κ2) is 7.78. The molecule has 6 N–H and O–H groups in total. The Morgan fingerprint density at radius 2 is 1.48 bits per heavy atom. The fourth-order valence-corrected chi connectivity index (χ4v) is 5.01. The second-order valence-corrected chi connectivity index (χ2v) is 8.57. The molecule has 146 valence electrons. The van der Waals surface area contributed by atoms with Crippen LogP contribution in [0.15, 0.2) is 40.8 Å². The predicted octanol–water partition coefficient (Wildman–Crippen LogP) is 1.50. The van der Waals surface area contributed by atoms with Crippen molar-refractivity contribution in [2.75, 3.05) is 0 Å². The van der Waals surface area contributed by atoms with Crippen LogP contribution in [-0.4, -0.2) is 34.8 Å². The highest BCUT2D eigenvalue weighted by Crippen LogP contribution is 2.43. The van der Waals surface area contributed by atoms with Crippen LogP contribution in [0.3, 0.4) is 0 Å². The predicted molar refractivity (Wildman–Crippen MR) is 110 cm³/mol. The SMILES string of the molecule is CC1NNC(O)C1C(c1ccc(-c2ccccc2I)o1)C1C(C)NNC1O. The highest BCUT2D eigenvalue weighted by atomic mass is 127. The van der Waals surface area contributed by atoms with E-state index in [0.717, 1.165) is 20.7 Å². The monoisotopic (exact) mass is 484 g/mol. The van der Waals surface area contributed by atoms with Crippen molar-refractivity contribution in [2.24, 2.45) is 11.8 Å². The molecule has 0 radical (unpaired) electrons. The van der Waals surface area contributed by atoms with Crippen molar-refractivity contribution in [2.45, 2.75) is 44.3 Å². The van der Waals surface area contributed by atoms with Crippen LogP contribution in [0.5, 0.6) is 0 Å². The van der Waals surface area contributed by atoms with Gasteiger partial charge in [-0.05, 0) is 54.6 Å². The van der Waals surface area contributed by atoms with Crippen molar-refractivity contribution in [3.8, 4) is 11.3 Å². The molecule has 0 aliphatic carbocycles. The van der Waals surface area contributed by atoms with Crippen LogP contribution >= 0.6 is 22.6 Å². The van der Waals surface area contributed by atoms with E-state index in [-0.39, 0.29) is 29.8 Å². The third-order valence-electron chi connectivity index (χ3n) is 5.73. The summed E-state index contributed by atoms with van der Waals surface area (Å²) in [7, 11) is 0. The van der Waals surface area contributed by atoms with E-state index in [4.69, 9.17) is 4.42 Å². The molecule has 0 spiro atoms. The zero-order valence-electron chi connectivity index (χ0n) is 15.2. The highest BCUT2D eigenvalue weighted by molar-refractivity contribution is 14.1. The van der Waals surface area contributed by atoms with E-state index in [1.165, 1.54) is 0 Å². The maximum Gasteiger partial charge on any atom is 0.135 e. The van der Waals surface area contributed by atoms with Crippen LogP contribution in [0, 0.1) is 15.4 Å². The Labute approximate surface area is 172 Å². The van der Waals surface area contributed by atoms with E-state index >= 15 is 0 Å². The first-order valence-corrected chi connectivity index (χ1v) is 10.3. The maximum atomic E-state index is 10.6. The Morgan fingerprint density at radius 1 is 0.889 bits per heavy atom. The Morgan fingerprint density at radius 3 is 2.00 bits per heavy atom. The molecule has 8 heteroatoms. The van der Waals surface area contributed by atoms with Crippen molar-refractivity contribution in [1.82, 2.24) is 21.7 Å². The van der Waals surface area contributed by atoms with E-state index < -0.39 is 12.5 Å². The number of furan rings is 1. The lowest BCUT2D eigenvalue weighted by atomic mass is 9.73. The van der Waals surface area contributed by atoms with Crippen molar-refractivity contribution >= 4 is 22.6 Å². The van der Waals surface area contributed by atoms with Crippen LogP contribution in [0.1, 0.15) is 25.5 Å². The number of aliphatic hydroxyl groups excluding tert-OH is 2. The zero-order chi connectivity index (χ0) is 19.1. The molecule has 1 aromatic carbocycles. The van der Waals surface area contributed by atoms with Gasteiger partial charge in [-0.25, -0.2) is 10.9 Å². The van der Waals surface area contributed by atoms with Gasteiger partial charge in [0.15, 0.2) is 0 Å². The van der Waals surface area contributed by atoms with Gasteiger partial charge in [0.1, 0.15) is 24.0 Å². The normalized spacial score (nSPS) is 34.9. The van der Waals surface area contributed by atoms with Gasteiger partial charge in [-0.2, -0.15) is 0 Å². The first-order valence-electron chi connectivity index (χ1n) is 9.20. The molecule has 6 unspecified atom stereocenters. The third-order valence-corrected chi connectivity index (χ3v) is 6.67. The summed E-state index contributed by atoms with van der Waals surface area (Å²) >= 11 is 2.30. The molecule has 2 fully saturated rings. The fourth-order valence-electron chi connectivity index (χ4n) is 4.35.